The fraction of sp³-hybridized carbons (Fsp3) is 0.254. The van der Waals surface area contributed by atoms with Gasteiger partial charge in [0.15, 0.2) is 0 Å². The van der Waals surface area contributed by atoms with Crippen LogP contribution in [0, 0.1) is 6.92 Å². The fourth-order valence-electron chi connectivity index (χ4n) is 11.3. The van der Waals surface area contributed by atoms with Gasteiger partial charge in [-0.3, -0.25) is 30.0 Å². The second kappa shape index (κ2) is 19.5. The molecule has 10 aromatic heterocycles. The van der Waals surface area contributed by atoms with Gasteiger partial charge in [0.05, 0.1) is 99.8 Å². The molecule has 6 N–H and O–H groups in total. The molecule has 0 atom stereocenters. The summed E-state index contributed by atoms with van der Waals surface area (Å²) in [5.41, 5.74) is 23.0. The molecular formula is C59H56N16O2. The third-order valence-corrected chi connectivity index (χ3v) is 15.2. The van der Waals surface area contributed by atoms with Crippen molar-refractivity contribution in [1.82, 2.24) is 74.3 Å². The van der Waals surface area contributed by atoms with Crippen molar-refractivity contribution in [1.29, 1.82) is 0 Å². The fourth-order valence-corrected chi connectivity index (χ4v) is 11.3. The highest BCUT2D eigenvalue weighted by Crippen LogP contribution is 2.38. The summed E-state index contributed by atoms with van der Waals surface area (Å²) in [6, 6.07) is 18.8. The lowest BCUT2D eigenvalue weighted by Gasteiger charge is -2.23. The first-order chi connectivity index (χ1) is 37.9. The topological polar surface area (TPSA) is 224 Å². The van der Waals surface area contributed by atoms with Gasteiger partial charge in [0, 0.05) is 93.9 Å². The van der Waals surface area contributed by atoms with E-state index in [1.54, 1.807) is 12.4 Å². The average Bonchev–Trinajstić information content (AvgIpc) is 4.43. The Morgan fingerprint density at radius 3 is 2.42 bits per heavy atom. The Kier molecular flexibility index (Phi) is 11.8. The van der Waals surface area contributed by atoms with E-state index in [-0.39, 0.29) is 6.10 Å². The number of nitrogens with two attached hydrogens (primary N) is 1. The molecule has 0 spiro atoms. The molecule has 1 aromatic carbocycles. The molecule has 18 heteroatoms. The number of rotatable bonds is 14. The highest BCUT2D eigenvalue weighted by Gasteiger charge is 2.24. The maximum atomic E-state index is 6.52. The summed E-state index contributed by atoms with van der Waals surface area (Å²) in [6.45, 7) is 5.80. The molecule has 2 fully saturated rings. The Labute approximate surface area is 442 Å². The molecule has 18 nitrogen and oxygen atoms in total. The number of hydrogen-bond acceptors (Lipinski definition) is 12. The van der Waals surface area contributed by atoms with Crippen molar-refractivity contribution in [3.05, 3.63) is 157 Å². The van der Waals surface area contributed by atoms with Crippen LogP contribution in [0.1, 0.15) is 73.3 Å². The van der Waals surface area contributed by atoms with Crippen LogP contribution in [-0.4, -0.2) is 107 Å². The zero-order valence-electron chi connectivity index (χ0n) is 42.6. The van der Waals surface area contributed by atoms with Crippen molar-refractivity contribution < 1.29 is 9.47 Å². The van der Waals surface area contributed by atoms with E-state index in [1.807, 2.05) is 61.1 Å². The van der Waals surface area contributed by atoms with Crippen molar-refractivity contribution in [2.24, 2.45) is 5.73 Å². The number of nitrogens with zero attached hydrogens (tertiary/aromatic N) is 11. The number of imidazole rings is 2. The van der Waals surface area contributed by atoms with E-state index in [0.29, 0.717) is 19.4 Å². The van der Waals surface area contributed by atoms with Gasteiger partial charge in [-0.05, 0) is 119 Å². The van der Waals surface area contributed by atoms with Crippen LogP contribution in [0.15, 0.2) is 128 Å². The molecule has 0 unspecified atom stereocenters. The molecule has 11 heterocycles. The lowest BCUT2D eigenvalue weighted by molar-refractivity contribution is 0.154. The van der Waals surface area contributed by atoms with Gasteiger partial charge in [-0.2, -0.15) is 10.2 Å². The molecule has 2 aliphatic carbocycles. The van der Waals surface area contributed by atoms with Crippen molar-refractivity contribution in [2.45, 2.75) is 70.8 Å². The number of benzene rings is 1. The number of nitrogens with one attached hydrogen (secondary N) is 4. The Balaban J connectivity index is 0.784. The van der Waals surface area contributed by atoms with Gasteiger partial charge in [0.25, 0.3) is 0 Å². The van der Waals surface area contributed by atoms with E-state index in [0.717, 1.165) is 167 Å². The number of fused-ring (bicyclic) bond motifs is 4. The molecule has 1 saturated carbocycles. The molecule has 14 rings (SSSR count). The van der Waals surface area contributed by atoms with Crippen LogP contribution in [0.4, 0.5) is 0 Å². The number of likely N-dealkylation sites (tertiary alicyclic amines) is 1. The van der Waals surface area contributed by atoms with Gasteiger partial charge >= 0.3 is 0 Å². The second-order valence-electron chi connectivity index (χ2n) is 20.6. The molecule has 3 aliphatic rings. The highest BCUT2D eigenvalue weighted by atomic mass is 16.5. The van der Waals surface area contributed by atoms with Gasteiger partial charge in [-0.1, -0.05) is 12.5 Å². The van der Waals surface area contributed by atoms with Crippen LogP contribution in [0.5, 0.6) is 11.5 Å². The molecular weight excluding hydrogens is 965 g/mol. The summed E-state index contributed by atoms with van der Waals surface area (Å²) in [5.74, 6) is 1.47. The summed E-state index contributed by atoms with van der Waals surface area (Å²) >= 11 is 0. The van der Waals surface area contributed by atoms with E-state index in [4.69, 9.17) is 40.4 Å². The predicted molar refractivity (Wildman–Crippen MR) is 296 cm³/mol. The lowest BCUT2D eigenvalue weighted by Crippen LogP contribution is -2.25. The minimum absolute atomic E-state index is 0.182. The summed E-state index contributed by atoms with van der Waals surface area (Å²) < 4.78 is 16.8. The molecule has 384 valence electrons. The first kappa shape index (κ1) is 46.4. The minimum atomic E-state index is 0.182. The van der Waals surface area contributed by atoms with E-state index in [2.05, 4.69) is 105 Å². The molecule has 11 aromatic rings. The van der Waals surface area contributed by atoms with Crippen LogP contribution in [0.2, 0.25) is 0 Å². The van der Waals surface area contributed by atoms with Crippen LogP contribution < -0.4 is 15.2 Å². The third-order valence-electron chi connectivity index (χ3n) is 15.2. The maximum Gasteiger partial charge on any atom is 0.138 e. The summed E-state index contributed by atoms with van der Waals surface area (Å²) in [5, 5.41) is 19.2. The number of aryl methyl sites for hydroxylation is 1. The maximum absolute atomic E-state index is 6.52. The second-order valence-corrected chi connectivity index (χ2v) is 20.6. The number of ether oxygens (including phenoxy) is 2. The zero-order chi connectivity index (χ0) is 51.4. The summed E-state index contributed by atoms with van der Waals surface area (Å²) in [7, 11) is 0. The predicted octanol–water partition coefficient (Wildman–Crippen LogP) is 10.3. The SMILES string of the molecule is Cc1cn(C2=CC=C(N)Cc3[nH]c(-c4[nH]nc5c(Cc6cn(-c7cccc8[nH]c(-c9n[nH]c%10cnc(-c%11cncc(OCCN%12CCCC%12)c%11)cc9%10)cc78)cn6)nc(-c6cncc(OC7CCCCC7)c6)cc45)cc32)cn1. The van der Waals surface area contributed by atoms with Crippen molar-refractivity contribution in [2.75, 3.05) is 26.2 Å². The Morgan fingerprint density at radius 2 is 1.55 bits per heavy atom. The zero-order valence-corrected chi connectivity index (χ0v) is 42.6. The van der Waals surface area contributed by atoms with Gasteiger partial charge in [0.1, 0.15) is 29.3 Å². The van der Waals surface area contributed by atoms with E-state index in [1.165, 1.54) is 32.1 Å². The largest absolute Gasteiger partial charge is 0.491 e. The highest BCUT2D eigenvalue weighted by molar-refractivity contribution is 5.99. The van der Waals surface area contributed by atoms with Gasteiger partial charge < -0.3 is 34.3 Å². The molecule has 77 heavy (non-hydrogen) atoms. The van der Waals surface area contributed by atoms with E-state index < -0.39 is 0 Å². The van der Waals surface area contributed by atoms with Crippen LogP contribution in [0.3, 0.4) is 0 Å². The van der Waals surface area contributed by atoms with Crippen LogP contribution in [0.25, 0.3) is 89.4 Å². The van der Waals surface area contributed by atoms with Crippen molar-refractivity contribution >= 4 is 38.4 Å². The molecule has 0 bridgehead atoms. The van der Waals surface area contributed by atoms with Crippen molar-refractivity contribution in [3.8, 4) is 62.5 Å². The van der Waals surface area contributed by atoms with E-state index in [9.17, 15) is 0 Å². The molecule has 1 saturated heterocycles. The minimum Gasteiger partial charge on any atom is -0.491 e. The quantitative estimate of drug-likeness (QED) is 0.0686. The van der Waals surface area contributed by atoms with Gasteiger partial charge in [0.2, 0.25) is 0 Å². The summed E-state index contributed by atoms with van der Waals surface area (Å²) in [4.78, 5) is 38.6. The monoisotopic (exact) mass is 1020 g/mol. The smallest absolute Gasteiger partial charge is 0.138 e. The number of pyridine rings is 4. The van der Waals surface area contributed by atoms with Crippen LogP contribution in [-0.2, 0) is 12.8 Å². The molecule has 0 amide bonds. The standard InChI is InChI=1S/C59H56N16O2/c1-35-31-74(33-64-35)56-13-12-38(60)20-50-44(56)23-53(68-50)59-46-25-49(37-19-42(29-62-27-37)77-40-8-3-2-4-9-40)67-51(58(46)71-72-59)21-39-32-75(34-65-39)55-11-7-10-47-43(55)22-52(66-47)57-45-24-48(63-30-54(45)69-70-57)36-18-41(28-61-26-36)76-17-16-73-14-5-6-15-73/h7,10-13,18-19,22-34,40,66,68H,2-6,8-9,14-17,20-21,60H2,1H3,(H,69,70)(H,71,72). The normalized spacial score (nSPS) is 15.3. The average molecular weight is 1020 g/mol. The summed E-state index contributed by atoms with van der Waals surface area (Å²) in [6.07, 6.45) is 30.3. The lowest BCUT2D eigenvalue weighted by atomic mass is 9.98. The number of H-pyrrole nitrogens is 4. The van der Waals surface area contributed by atoms with Gasteiger partial charge in [-0.25, -0.2) is 15.0 Å². The Morgan fingerprint density at radius 1 is 0.714 bits per heavy atom. The van der Waals surface area contributed by atoms with Gasteiger partial charge in [-0.15, -0.1) is 0 Å². The number of allylic oxidation sites excluding steroid dienone is 3. The number of aromatic nitrogens is 14. The van der Waals surface area contributed by atoms with Crippen LogP contribution >= 0.6 is 0 Å². The van der Waals surface area contributed by atoms with E-state index >= 15 is 0 Å². The first-order valence-electron chi connectivity index (χ1n) is 26.6. The van der Waals surface area contributed by atoms with Crippen molar-refractivity contribution in [3.63, 3.8) is 0 Å². The number of aromatic amines is 4. The Hall–Kier alpha value is -9.16. The molecule has 0 radical (unpaired) electrons. The number of hydrogen-bond donors (Lipinski definition) is 5. The third kappa shape index (κ3) is 9.09. The Bertz CT molecular complexity index is 4060. The first-order valence-corrected chi connectivity index (χ1v) is 26.6. The molecule has 1 aliphatic heterocycles.